The molecule has 0 aliphatic carbocycles. The van der Waals surface area contributed by atoms with E-state index in [9.17, 15) is 13.2 Å². The van der Waals surface area contributed by atoms with Gasteiger partial charge in [-0.3, -0.25) is 9.78 Å². The normalized spacial score (nSPS) is 22.3. The van der Waals surface area contributed by atoms with Crippen LogP contribution in [0.15, 0.2) is 30.7 Å². The number of fused-ring (bicyclic) bond motifs is 3. The second kappa shape index (κ2) is 7.61. The fourth-order valence-electron chi connectivity index (χ4n) is 4.11. The fraction of sp³-hybridized carbons (Fsp3) is 0.524. The van der Waals surface area contributed by atoms with E-state index in [1.165, 1.54) is 0 Å². The first kappa shape index (κ1) is 20.7. The van der Waals surface area contributed by atoms with Gasteiger partial charge in [-0.1, -0.05) is 26.8 Å². The average Bonchev–Trinajstić information content (AvgIpc) is 3.13. The van der Waals surface area contributed by atoms with E-state index in [4.69, 9.17) is 0 Å². The van der Waals surface area contributed by atoms with Crippen LogP contribution >= 0.6 is 0 Å². The Morgan fingerprint density at radius 2 is 2.07 bits per heavy atom. The summed E-state index contributed by atoms with van der Waals surface area (Å²) in [5, 5.41) is 2.58. The molecule has 0 aromatic carbocycles. The molecule has 1 N–H and O–H groups in total. The molecule has 8 nitrogen and oxygen atoms in total. The molecule has 2 aliphatic rings. The van der Waals surface area contributed by atoms with Crippen LogP contribution in [-0.4, -0.2) is 52.5 Å². The number of rotatable bonds is 4. The number of pyridine rings is 1. The van der Waals surface area contributed by atoms with Crippen molar-refractivity contribution in [2.75, 3.05) is 18.4 Å². The minimum absolute atomic E-state index is 0.00219. The molecule has 0 spiro atoms. The number of hydrogen-bond acceptors (Lipinski definition) is 7. The van der Waals surface area contributed by atoms with Gasteiger partial charge in [0, 0.05) is 56.1 Å². The molecular weight excluding hydrogens is 402 g/mol. The van der Waals surface area contributed by atoms with Gasteiger partial charge in [-0.25, -0.2) is 18.4 Å². The van der Waals surface area contributed by atoms with Crippen molar-refractivity contribution in [3.05, 3.63) is 47.5 Å². The van der Waals surface area contributed by atoms with Gasteiger partial charge in [0.15, 0.2) is 9.84 Å². The molecule has 1 saturated heterocycles. The number of amides is 1. The highest BCUT2D eigenvalue weighted by Crippen LogP contribution is 2.40. The first-order valence-electron chi connectivity index (χ1n) is 10.1. The Morgan fingerprint density at radius 3 is 2.77 bits per heavy atom. The number of nitrogens with one attached hydrogen (secondary N) is 1. The molecule has 0 radical (unpaired) electrons. The lowest BCUT2D eigenvalue weighted by Gasteiger charge is -2.26. The van der Waals surface area contributed by atoms with Gasteiger partial charge in [0.05, 0.1) is 16.7 Å². The maximum atomic E-state index is 12.9. The largest absolute Gasteiger partial charge is 0.350 e. The summed E-state index contributed by atoms with van der Waals surface area (Å²) in [5.74, 6) is 0.0607. The van der Waals surface area contributed by atoms with Crippen molar-refractivity contribution in [2.24, 2.45) is 5.41 Å². The summed E-state index contributed by atoms with van der Waals surface area (Å²) in [6, 6.07) is 3.82. The van der Waals surface area contributed by atoms with Crippen molar-refractivity contribution in [2.45, 2.75) is 50.7 Å². The Balaban J connectivity index is 1.57. The Kier molecular flexibility index (Phi) is 5.25. The van der Waals surface area contributed by atoms with Crippen LogP contribution in [0.2, 0.25) is 0 Å². The summed E-state index contributed by atoms with van der Waals surface area (Å²) >= 11 is 0. The maximum absolute atomic E-state index is 12.9. The van der Waals surface area contributed by atoms with E-state index in [0.717, 1.165) is 11.3 Å². The lowest BCUT2D eigenvalue weighted by molar-refractivity contribution is -0.132. The van der Waals surface area contributed by atoms with E-state index in [1.807, 2.05) is 32.9 Å². The summed E-state index contributed by atoms with van der Waals surface area (Å²) in [4.78, 5) is 27.5. The molecule has 0 bridgehead atoms. The molecular formula is C21H27N5O3S. The maximum Gasteiger partial charge on any atom is 0.223 e. The Bertz CT molecular complexity index is 1050. The first-order valence-corrected chi connectivity index (χ1v) is 11.8. The van der Waals surface area contributed by atoms with Crippen LogP contribution < -0.4 is 5.32 Å². The quantitative estimate of drug-likeness (QED) is 0.794. The van der Waals surface area contributed by atoms with Crippen LogP contribution in [0.4, 0.5) is 5.95 Å². The molecule has 2 atom stereocenters. The molecule has 2 aromatic rings. The highest BCUT2D eigenvalue weighted by atomic mass is 32.2. The minimum Gasteiger partial charge on any atom is -0.350 e. The van der Waals surface area contributed by atoms with E-state index in [0.29, 0.717) is 31.0 Å². The van der Waals surface area contributed by atoms with Gasteiger partial charge in [-0.2, -0.15) is 0 Å². The number of hydrogen-bond donors (Lipinski definition) is 1. The summed E-state index contributed by atoms with van der Waals surface area (Å²) in [6.07, 6.45) is 5.47. The van der Waals surface area contributed by atoms with E-state index in [-0.39, 0.29) is 29.5 Å². The number of anilines is 1. The third-order valence-corrected chi connectivity index (χ3v) is 7.65. The SMILES string of the molecule is CC(C)(C)CC(=O)N1C[C@@H]2c3nc(NCc4cccnc4)ncc3CS(=O)(=O)[C@@H]2C1. The van der Waals surface area contributed by atoms with Crippen LogP contribution in [-0.2, 0) is 26.9 Å². The Morgan fingerprint density at radius 1 is 1.27 bits per heavy atom. The van der Waals surface area contributed by atoms with Gasteiger partial charge >= 0.3 is 0 Å². The molecule has 2 aromatic heterocycles. The highest BCUT2D eigenvalue weighted by Gasteiger charge is 2.48. The van der Waals surface area contributed by atoms with Gasteiger partial charge in [0.25, 0.3) is 0 Å². The second-order valence-electron chi connectivity index (χ2n) is 9.31. The topological polar surface area (TPSA) is 105 Å². The monoisotopic (exact) mass is 429 g/mol. The second-order valence-corrected chi connectivity index (χ2v) is 11.5. The van der Waals surface area contributed by atoms with Crippen molar-refractivity contribution in [1.29, 1.82) is 0 Å². The Hall–Kier alpha value is -2.55. The van der Waals surface area contributed by atoms with Crippen molar-refractivity contribution < 1.29 is 13.2 Å². The molecule has 1 amide bonds. The zero-order chi connectivity index (χ0) is 21.5. The number of carbonyl (C=O) groups excluding carboxylic acids is 1. The van der Waals surface area contributed by atoms with E-state index in [1.54, 1.807) is 23.5 Å². The third-order valence-electron chi connectivity index (χ3n) is 5.54. The fourth-order valence-corrected chi connectivity index (χ4v) is 6.11. The highest BCUT2D eigenvalue weighted by molar-refractivity contribution is 7.91. The summed E-state index contributed by atoms with van der Waals surface area (Å²) in [6.45, 7) is 7.17. The van der Waals surface area contributed by atoms with Gasteiger partial charge < -0.3 is 10.2 Å². The first-order chi connectivity index (χ1) is 14.1. The van der Waals surface area contributed by atoms with Crippen LogP contribution in [0, 0.1) is 5.41 Å². The van der Waals surface area contributed by atoms with Gasteiger partial charge in [-0.05, 0) is 17.0 Å². The third kappa shape index (κ3) is 4.30. The number of nitrogens with zero attached hydrogens (tertiary/aromatic N) is 4. The lowest BCUT2D eigenvalue weighted by Crippen LogP contribution is -2.36. The zero-order valence-corrected chi connectivity index (χ0v) is 18.3. The van der Waals surface area contributed by atoms with Crippen molar-refractivity contribution in [3.8, 4) is 0 Å². The summed E-state index contributed by atoms with van der Waals surface area (Å²) < 4.78 is 25.7. The molecule has 2 aliphatic heterocycles. The van der Waals surface area contributed by atoms with Gasteiger partial charge in [-0.15, -0.1) is 0 Å². The van der Waals surface area contributed by atoms with Crippen molar-refractivity contribution in [1.82, 2.24) is 19.9 Å². The summed E-state index contributed by atoms with van der Waals surface area (Å²) in [5.41, 5.74) is 2.23. The van der Waals surface area contributed by atoms with E-state index < -0.39 is 15.1 Å². The van der Waals surface area contributed by atoms with Crippen molar-refractivity contribution in [3.63, 3.8) is 0 Å². The Labute approximate surface area is 177 Å². The van der Waals surface area contributed by atoms with E-state index >= 15 is 0 Å². The average molecular weight is 430 g/mol. The molecule has 0 unspecified atom stereocenters. The molecule has 9 heteroatoms. The molecule has 4 rings (SSSR count). The smallest absolute Gasteiger partial charge is 0.223 e. The molecule has 30 heavy (non-hydrogen) atoms. The predicted molar refractivity (Wildman–Crippen MR) is 113 cm³/mol. The zero-order valence-electron chi connectivity index (χ0n) is 17.5. The van der Waals surface area contributed by atoms with Crippen molar-refractivity contribution >= 4 is 21.7 Å². The lowest BCUT2D eigenvalue weighted by atomic mass is 9.91. The summed E-state index contributed by atoms with van der Waals surface area (Å²) in [7, 11) is -3.35. The van der Waals surface area contributed by atoms with Crippen LogP contribution in [0.5, 0.6) is 0 Å². The number of sulfone groups is 1. The van der Waals surface area contributed by atoms with Gasteiger partial charge in [0.2, 0.25) is 11.9 Å². The predicted octanol–water partition coefficient (Wildman–Crippen LogP) is 2.14. The van der Waals surface area contributed by atoms with E-state index in [2.05, 4.69) is 20.3 Å². The number of likely N-dealkylation sites (tertiary alicyclic amines) is 1. The standard InChI is InChI=1S/C21H27N5O3S/c1-21(2,3)7-18(27)26-11-16-17(12-26)30(28,29)13-15-10-24-20(25-19(15)16)23-9-14-5-4-6-22-8-14/h4-6,8,10,16-17H,7,9,11-13H2,1-3H3,(H,23,24,25)/t16-,17+/m0/s1. The molecule has 160 valence electrons. The van der Waals surface area contributed by atoms with Crippen LogP contribution in [0.3, 0.4) is 0 Å². The number of carbonyl (C=O) groups is 1. The van der Waals surface area contributed by atoms with Gasteiger partial charge in [0.1, 0.15) is 0 Å². The molecule has 4 heterocycles. The molecule has 1 fully saturated rings. The molecule has 0 saturated carbocycles. The van der Waals surface area contributed by atoms with Crippen LogP contribution in [0.1, 0.15) is 49.9 Å². The van der Waals surface area contributed by atoms with Crippen LogP contribution in [0.25, 0.3) is 0 Å². The number of aromatic nitrogens is 3. The minimum atomic E-state index is -3.35.